The highest BCUT2D eigenvalue weighted by molar-refractivity contribution is 5.69. The highest BCUT2D eigenvalue weighted by Gasteiger charge is 2.65. The molecule has 8 atom stereocenters. The normalized spacial score (nSPS) is 48.9. The molecule has 3 unspecified atom stereocenters. The smallest absolute Gasteiger partial charge is 0.305 e. The van der Waals surface area contributed by atoms with Gasteiger partial charge in [0.05, 0.1) is 24.9 Å². The van der Waals surface area contributed by atoms with Gasteiger partial charge < -0.3 is 24.4 Å². The van der Waals surface area contributed by atoms with Crippen molar-refractivity contribution in [1.29, 1.82) is 0 Å². The topological polar surface area (TPSA) is 85.2 Å². The molecule has 152 valence electrons. The fraction of sp³-hybridized carbons (Fsp3) is 0.857. The lowest BCUT2D eigenvalue weighted by atomic mass is 9.50. The third-order valence-electron chi connectivity index (χ3n) is 7.83. The van der Waals surface area contributed by atoms with Gasteiger partial charge in [0.25, 0.3) is 0 Å². The van der Waals surface area contributed by atoms with E-state index >= 15 is 0 Å². The second kappa shape index (κ2) is 6.83. The molecule has 0 spiro atoms. The van der Waals surface area contributed by atoms with E-state index in [0.717, 1.165) is 25.7 Å². The van der Waals surface area contributed by atoms with Gasteiger partial charge in [0, 0.05) is 19.4 Å². The molecule has 0 amide bonds. The van der Waals surface area contributed by atoms with Crippen LogP contribution in [0.2, 0.25) is 0 Å². The molecule has 0 aromatic heterocycles. The van der Waals surface area contributed by atoms with Gasteiger partial charge in [-0.3, -0.25) is 4.79 Å². The lowest BCUT2D eigenvalue weighted by molar-refractivity contribution is -0.196. The highest BCUT2D eigenvalue weighted by Crippen LogP contribution is 2.60. The largest absolute Gasteiger partial charge is 0.457 e. The van der Waals surface area contributed by atoms with Crippen LogP contribution in [0.3, 0.4) is 0 Å². The summed E-state index contributed by atoms with van der Waals surface area (Å²) in [5.74, 6) is -0.0654. The standard InChI is InChI=1S/C21H32O6/c1-4-17(24)27-16-11-26-19-18-14(6-8-21(16,19)25-3)20(2)7-5-13(22)9-12(20)10-15(18)23/h10,13-16,18-19,22-23H,4-9,11H2,1-3H3/t13-,14?,15-,16-,18?,19?,20-,21-/m0/s1. The van der Waals surface area contributed by atoms with Crippen molar-refractivity contribution in [1.82, 2.24) is 0 Å². The molecule has 6 nitrogen and oxygen atoms in total. The molecular formula is C21H32O6. The zero-order valence-corrected chi connectivity index (χ0v) is 16.5. The van der Waals surface area contributed by atoms with E-state index in [1.165, 1.54) is 5.57 Å². The summed E-state index contributed by atoms with van der Waals surface area (Å²) in [6.45, 7) is 4.37. The van der Waals surface area contributed by atoms with E-state index in [-0.39, 0.29) is 35.4 Å². The summed E-state index contributed by atoms with van der Waals surface area (Å²) in [5, 5.41) is 21.1. The zero-order chi connectivity index (χ0) is 19.4. The number of methoxy groups -OCH3 is 1. The first-order chi connectivity index (χ1) is 12.9. The highest BCUT2D eigenvalue weighted by atomic mass is 16.6. The van der Waals surface area contributed by atoms with Crippen molar-refractivity contribution in [3.8, 4) is 0 Å². The van der Waals surface area contributed by atoms with Crippen molar-refractivity contribution >= 4 is 5.97 Å². The molecule has 3 aliphatic carbocycles. The molecule has 2 N–H and O–H groups in total. The van der Waals surface area contributed by atoms with Crippen molar-refractivity contribution in [2.45, 2.75) is 82.4 Å². The van der Waals surface area contributed by atoms with E-state index < -0.39 is 17.8 Å². The van der Waals surface area contributed by atoms with E-state index in [2.05, 4.69) is 6.92 Å². The number of rotatable bonds is 3. The van der Waals surface area contributed by atoms with E-state index in [1.54, 1.807) is 14.0 Å². The number of fused-ring (bicyclic) bond motifs is 5. The average molecular weight is 380 g/mol. The van der Waals surface area contributed by atoms with Gasteiger partial charge in [0.2, 0.25) is 0 Å². The predicted octanol–water partition coefficient (Wildman–Crippen LogP) is 1.97. The molecule has 0 aromatic carbocycles. The van der Waals surface area contributed by atoms with Crippen LogP contribution < -0.4 is 0 Å². The van der Waals surface area contributed by atoms with Crippen molar-refractivity contribution < 1.29 is 29.2 Å². The molecule has 0 radical (unpaired) electrons. The number of aliphatic hydroxyl groups is 2. The van der Waals surface area contributed by atoms with Crippen LogP contribution in [0, 0.1) is 17.3 Å². The molecular weight excluding hydrogens is 348 g/mol. The molecule has 6 heteroatoms. The summed E-state index contributed by atoms with van der Waals surface area (Å²) in [6.07, 6.45) is 4.60. The summed E-state index contributed by atoms with van der Waals surface area (Å²) in [7, 11) is 1.66. The lowest BCUT2D eigenvalue weighted by Crippen LogP contribution is -2.63. The van der Waals surface area contributed by atoms with Gasteiger partial charge in [0.1, 0.15) is 5.60 Å². The van der Waals surface area contributed by atoms with Gasteiger partial charge in [-0.15, -0.1) is 0 Å². The summed E-state index contributed by atoms with van der Waals surface area (Å²) in [5.41, 5.74) is 0.472. The maximum absolute atomic E-state index is 11.9. The van der Waals surface area contributed by atoms with E-state index in [4.69, 9.17) is 14.2 Å². The van der Waals surface area contributed by atoms with Crippen molar-refractivity contribution in [3.63, 3.8) is 0 Å². The number of hydrogen-bond acceptors (Lipinski definition) is 6. The number of aliphatic hydroxyl groups excluding tert-OH is 2. The van der Waals surface area contributed by atoms with E-state index in [0.29, 0.717) is 19.4 Å². The first-order valence-corrected chi connectivity index (χ1v) is 10.3. The molecule has 4 aliphatic rings. The number of ether oxygens (including phenoxy) is 3. The van der Waals surface area contributed by atoms with Crippen LogP contribution in [0.4, 0.5) is 0 Å². The Kier molecular flexibility index (Phi) is 4.90. The number of carbonyl (C=O) groups excluding carboxylic acids is 1. The Labute approximate surface area is 160 Å². The Morgan fingerprint density at radius 3 is 2.81 bits per heavy atom. The first-order valence-electron chi connectivity index (χ1n) is 10.3. The number of esters is 1. The molecule has 4 rings (SSSR count). The SMILES string of the molecule is CCC(=O)O[C@H]1COC2C3C(CC[C@@]21OC)[C@@]1(C)CC[C@H](O)CC1=C[C@@H]3O. The van der Waals surface area contributed by atoms with Crippen LogP contribution >= 0.6 is 0 Å². The molecule has 0 bridgehead atoms. The minimum absolute atomic E-state index is 0.0232. The van der Waals surface area contributed by atoms with Crippen molar-refractivity contribution in [3.05, 3.63) is 11.6 Å². The van der Waals surface area contributed by atoms with Gasteiger partial charge >= 0.3 is 5.97 Å². The Balaban J connectivity index is 1.66. The Hall–Kier alpha value is -0.950. The fourth-order valence-corrected chi connectivity index (χ4v) is 6.28. The van der Waals surface area contributed by atoms with Crippen LogP contribution in [0.1, 0.15) is 52.4 Å². The van der Waals surface area contributed by atoms with Gasteiger partial charge in [-0.1, -0.05) is 25.5 Å². The van der Waals surface area contributed by atoms with Gasteiger partial charge in [0.15, 0.2) is 6.10 Å². The minimum Gasteiger partial charge on any atom is -0.457 e. The second-order valence-electron chi connectivity index (χ2n) is 8.96. The van der Waals surface area contributed by atoms with Crippen molar-refractivity contribution in [2.75, 3.05) is 13.7 Å². The Morgan fingerprint density at radius 2 is 2.11 bits per heavy atom. The van der Waals surface area contributed by atoms with Crippen LogP contribution in [-0.4, -0.2) is 59.9 Å². The second-order valence-corrected chi connectivity index (χ2v) is 8.96. The van der Waals surface area contributed by atoms with Crippen LogP contribution in [-0.2, 0) is 19.0 Å². The van der Waals surface area contributed by atoms with Crippen LogP contribution in [0.5, 0.6) is 0 Å². The Bertz CT molecular complexity index is 632. The number of carbonyl (C=O) groups is 1. The van der Waals surface area contributed by atoms with E-state index in [9.17, 15) is 15.0 Å². The maximum Gasteiger partial charge on any atom is 0.305 e. The van der Waals surface area contributed by atoms with E-state index in [1.807, 2.05) is 6.08 Å². The molecule has 3 fully saturated rings. The number of hydrogen-bond donors (Lipinski definition) is 2. The van der Waals surface area contributed by atoms with Crippen molar-refractivity contribution in [2.24, 2.45) is 17.3 Å². The van der Waals surface area contributed by atoms with Crippen LogP contribution in [0.25, 0.3) is 0 Å². The maximum atomic E-state index is 11.9. The average Bonchev–Trinajstić information content (AvgIpc) is 3.02. The summed E-state index contributed by atoms with van der Waals surface area (Å²) < 4.78 is 17.8. The minimum atomic E-state index is -0.692. The summed E-state index contributed by atoms with van der Waals surface area (Å²) in [4.78, 5) is 11.9. The molecule has 1 saturated heterocycles. The molecule has 0 aromatic rings. The summed E-state index contributed by atoms with van der Waals surface area (Å²) in [6, 6.07) is 0. The monoisotopic (exact) mass is 380 g/mol. The quantitative estimate of drug-likeness (QED) is 0.575. The summed E-state index contributed by atoms with van der Waals surface area (Å²) >= 11 is 0. The Morgan fingerprint density at radius 1 is 1.33 bits per heavy atom. The predicted molar refractivity (Wildman–Crippen MR) is 97.9 cm³/mol. The molecule has 1 aliphatic heterocycles. The zero-order valence-electron chi connectivity index (χ0n) is 16.5. The van der Waals surface area contributed by atoms with Gasteiger partial charge in [-0.2, -0.15) is 0 Å². The molecule has 2 saturated carbocycles. The third-order valence-corrected chi connectivity index (χ3v) is 7.83. The van der Waals surface area contributed by atoms with Gasteiger partial charge in [-0.05, 0) is 43.4 Å². The van der Waals surface area contributed by atoms with Crippen LogP contribution in [0.15, 0.2) is 11.6 Å². The first kappa shape index (κ1) is 19.4. The molecule has 1 heterocycles. The third kappa shape index (κ3) is 2.79. The fourth-order valence-electron chi connectivity index (χ4n) is 6.28. The molecule has 27 heavy (non-hydrogen) atoms. The van der Waals surface area contributed by atoms with Gasteiger partial charge in [-0.25, -0.2) is 0 Å². The lowest BCUT2D eigenvalue weighted by Gasteiger charge is -2.57.